The van der Waals surface area contributed by atoms with Gasteiger partial charge >= 0.3 is 5.97 Å². The van der Waals surface area contributed by atoms with Crippen molar-refractivity contribution < 1.29 is 23.1 Å². The molecule has 1 amide bonds. The van der Waals surface area contributed by atoms with Gasteiger partial charge in [0.1, 0.15) is 6.54 Å². The Kier molecular flexibility index (Phi) is 5.43. The molecule has 0 aromatic carbocycles. The van der Waals surface area contributed by atoms with E-state index in [1.54, 1.807) is 5.38 Å². The van der Waals surface area contributed by atoms with Crippen LogP contribution in [0.2, 0.25) is 0 Å². The molecule has 128 valence electrons. The van der Waals surface area contributed by atoms with Crippen LogP contribution in [0, 0.1) is 6.92 Å². The second kappa shape index (κ2) is 6.98. The maximum Gasteiger partial charge on any atom is 0.323 e. The van der Waals surface area contributed by atoms with Crippen molar-refractivity contribution in [2.75, 3.05) is 25.9 Å². The van der Waals surface area contributed by atoms with Gasteiger partial charge in [0.25, 0.3) is 5.91 Å². The summed E-state index contributed by atoms with van der Waals surface area (Å²) in [4.78, 5) is 25.2. The van der Waals surface area contributed by atoms with E-state index in [-0.39, 0.29) is 18.5 Å². The standard InChI is InChI=1S/C14H20N2O5S2/c1-10-8-22-9-12(10)14(19)16(7-13(17)18)11-3-5-15(6-4-11)23(2,20)21/h8-9,11H,3-7H2,1-2H3,(H,17,18). The average Bonchev–Trinajstić information content (AvgIpc) is 2.89. The Labute approximate surface area is 139 Å². The summed E-state index contributed by atoms with van der Waals surface area (Å²) in [5, 5.41) is 12.7. The molecule has 1 aliphatic rings. The molecule has 1 saturated heterocycles. The van der Waals surface area contributed by atoms with Crippen molar-refractivity contribution in [3.63, 3.8) is 0 Å². The number of carbonyl (C=O) groups excluding carboxylic acids is 1. The highest BCUT2D eigenvalue weighted by Crippen LogP contribution is 2.23. The van der Waals surface area contributed by atoms with Crippen molar-refractivity contribution in [3.05, 3.63) is 21.9 Å². The average molecular weight is 360 g/mol. The van der Waals surface area contributed by atoms with E-state index < -0.39 is 16.0 Å². The fourth-order valence-corrected chi connectivity index (χ4v) is 4.43. The monoisotopic (exact) mass is 360 g/mol. The largest absolute Gasteiger partial charge is 0.480 e. The zero-order valence-electron chi connectivity index (χ0n) is 13.1. The summed E-state index contributed by atoms with van der Waals surface area (Å²) in [7, 11) is -3.25. The van der Waals surface area contributed by atoms with E-state index in [1.165, 1.54) is 20.5 Å². The van der Waals surface area contributed by atoms with Crippen LogP contribution in [0.3, 0.4) is 0 Å². The first-order chi connectivity index (χ1) is 10.7. The molecule has 0 atom stereocenters. The summed E-state index contributed by atoms with van der Waals surface area (Å²) in [5.41, 5.74) is 1.34. The van der Waals surface area contributed by atoms with E-state index >= 15 is 0 Å². The molecule has 2 rings (SSSR count). The summed E-state index contributed by atoms with van der Waals surface area (Å²) < 4.78 is 24.5. The lowest BCUT2D eigenvalue weighted by molar-refractivity contribution is -0.138. The number of rotatable bonds is 5. The van der Waals surface area contributed by atoms with Gasteiger partial charge in [0.15, 0.2) is 0 Å². The number of carbonyl (C=O) groups is 2. The van der Waals surface area contributed by atoms with Crippen LogP contribution in [0.15, 0.2) is 10.8 Å². The fraction of sp³-hybridized carbons (Fsp3) is 0.571. The molecule has 2 heterocycles. The van der Waals surface area contributed by atoms with Crippen LogP contribution in [-0.4, -0.2) is 66.5 Å². The minimum absolute atomic E-state index is 0.268. The van der Waals surface area contributed by atoms with Crippen molar-refractivity contribution in [3.8, 4) is 0 Å². The van der Waals surface area contributed by atoms with Crippen molar-refractivity contribution >= 4 is 33.2 Å². The van der Waals surface area contributed by atoms with Gasteiger partial charge in [-0.2, -0.15) is 11.3 Å². The molecule has 9 heteroatoms. The third kappa shape index (κ3) is 4.30. The summed E-state index contributed by atoms with van der Waals surface area (Å²) in [6, 6.07) is -0.268. The highest BCUT2D eigenvalue weighted by molar-refractivity contribution is 7.88. The molecule has 0 aliphatic carbocycles. The number of sulfonamides is 1. The van der Waals surface area contributed by atoms with Gasteiger partial charge < -0.3 is 10.0 Å². The lowest BCUT2D eigenvalue weighted by atomic mass is 10.0. The van der Waals surface area contributed by atoms with Crippen molar-refractivity contribution in [2.45, 2.75) is 25.8 Å². The minimum atomic E-state index is -3.25. The smallest absolute Gasteiger partial charge is 0.323 e. The van der Waals surface area contributed by atoms with Gasteiger partial charge in [-0.05, 0) is 30.7 Å². The Balaban J connectivity index is 2.15. The summed E-state index contributed by atoms with van der Waals surface area (Å²) >= 11 is 1.40. The topological polar surface area (TPSA) is 95.0 Å². The molecule has 1 aromatic rings. The molecule has 0 spiro atoms. The first-order valence-electron chi connectivity index (χ1n) is 7.21. The molecule has 0 radical (unpaired) electrons. The van der Waals surface area contributed by atoms with Gasteiger partial charge in [-0.3, -0.25) is 9.59 Å². The predicted octanol–water partition coefficient (Wildman–Crippen LogP) is 1.01. The number of thiophene rings is 1. The van der Waals surface area contributed by atoms with E-state index in [0.29, 0.717) is 31.5 Å². The first kappa shape index (κ1) is 17.9. The van der Waals surface area contributed by atoms with Crippen molar-refractivity contribution in [1.82, 2.24) is 9.21 Å². The molecule has 1 N–H and O–H groups in total. The Morgan fingerprint density at radius 3 is 2.39 bits per heavy atom. The van der Waals surface area contributed by atoms with Crippen molar-refractivity contribution in [1.29, 1.82) is 0 Å². The number of aryl methyl sites for hydroxylation is 1. The van der Waals surface area contributed by atoms with Crippen LogP contribution < -0.4 is 0 Å². The number of carboxylic acid groups (broad SMARTS) is 1. The molecule has 1 fully saturated rings. The van der Waals surface area contributed by atoms with Gasteiger partial charge in [0, 0.05) is 24.5 Å². The second-order valence-corrected chi connectivity index (χ2v) is 8.41. The summed E-state index contributed by atoms with van der Waals surface area (Å²) in [5.74, 6) is -1.37. The lowest BCUT2D eigenvalue weighted by Crippen LogP contribution is -2.50. The molecule has 0 saturated carbocycles. The number of hydrogen-bond acceptors (Lipinski definition) is 5. The summed E-state index contributed by atoms with van der Waals surface area (Å²) in [6.45, 7) is 2.04. The highest BCUT2D eigenvalue weighted by Gasteiger charge is 2.32. The number of piperidine rings is 1. The van der Waals surface area contributed by atoms with E-state index in [2.05, 4.69) is 0 Å². The maximum atomic E-state index is 12.7. The third-order valence-electron chi connectivity index (χ3n) is 3.99. The Morgan fingerprint density at radius 1 is 1.35 bits per heavy atom. The van der Waals surface area contributed by atoms with E-state index in [1.807, 2.05) is 12.3 Å². The van der Waals surface area contributed by atoms with E-state index in [9.17, 15) is 18.0 Å². The quantitative estimate of drug-likeness (QED) is 0.845. The van der Waals surface area contributed by atoms with Crippen LogP contribution in [0.1, 0.15) is 28.8 Å². The minimum Gasteiger partial charge on any atom is -0.480 e. The number of nitrogens with zero attached hydrogens (tertiary/aromatic N) is 2. The molecular formula is C14H20N2O5S2. The molecule has 1 aromatic heterocycles. The lowest BCUT2D eigenvalue weighted by Gasteiger charge is -2.37. The fourth-order valence-electron chi connectivity index (χ4n) is 2.73. The molecule has 7 nitrogen and oxygen atoms in total. The van der Waals surface area contributed by atoms with Crippen molar-refractivity contribution in [2.24, 2.45) is 0 Å². The molecule has 0 bridgehead atoms. The normalized spacial score (nSPS) is 17.1. The van der Waals surface area contributed by atoms with Gasteiger partial charge in [-0.15, -0.1) is 0 Å². The SMILES string of the molecule is Cc1cscc1C(=O)N(CC(=O)O)C1CCN(S(C)(=O)=O)CC1. The number of carboxylic acids is 1. The molecule has 0 unspecified atom stereocenters. The summed E-state index contributed by atoms with van der Waals surface area (Å²) in [6.07, 6.45) is 2.03. The Hall–Kier alpha value is -1.45. The van der Waals surface area contributed by atoms with Gasteiger partial charge in [-0.1, -0.05) is 0 Å². The molecule has 23 heavy (non-hydrogen) atoms. The predicted molar refractivity (Wildman–Crippen MR) is 87.2 cm³/mol. The Bertz CT molecular complexity index is 690. The van der Waals surface area contributed by atoms with Crippen LogP contribution in [0.25, 0.3) is 0 Å². The van der Waals surface area contributed by atoms with Gasteiger partial charge in [-0.25, -0.2) is 12.7 Å². The zero-order valence-corrected chi connectivity index (χ0v) is 14.7. The molecular weight excluding hydrogens is 340 g/mol. The number of amides is 1. The molecule has 1 aliphatic heterocycles. The highest BCUT2D eigenvalue weighted by atomic mass is 32.2. The van der Waals surface area contributed by atoms with E-state index in [0.717, 1.165) is 11.8 Å². The zero-order chi connectivity index (χ0) is 17.2. The number of aliphatic carboxylic acids is 1. The maximum absolute atomic E-state index is 12.7. The second-order valence-electron chi connectivity index (χ2n) is 5.69. The van der Waals surface area contributed by atoms with Crippen LogP contribution >= 0.6 is 11.3 Å². The Morgan fingerprint density at radius 2 is 1.96 bits per heavy atom. The van der Waals surface area contributed by atoms with Gasteiger partial charge in [0.05, 0.1) is 11.8 Å². The third-order valence-corrected chi connectivity index (χ3v) is 6.15. The first-order valence-corrected chi connectivity index (χ1v) is 10.00. The van der Waals surface area contributed by atoms with Crippen LogP contribution in [0.5, 0.6) is 0 Å². The van der Waals surface area contributed by atoms with E-state index in [4.69, 9.17) is 5.11 Å². The number of hydrogen-bond donors (Lipinski definition) is 1. The van der Waals surface area contributed by atoms with Crippen LogP contribution in [0.4, 0.5) is 0 Å². The van der Waals surface area contributed by atoms with Gasteiger partial charge in [0.2, 0.25) is 10.0 Å². The van der Waals surface area contributed by atoms with Crippen LogP contribution in [-0.2, 0) is 14.8 Å².